The topological polar surface area (TPSA) is 52.0 Å². The van der Waals surface area contributed by atoms with Crippen molar-refractivity contribution < 1.29 is 9.59 Å². The van der Waals surface area contributed by atoms with Crippen LogP contribution in [0.25, 0.3) is 11.3 Å². The smallest absolute Gasteiger partial charge is 0.255 e. The normalized spacial score (nSPS) is 15.4. The Morgan fingerprint density at radius 1 is 0.815 bits per heavy atom. The van der Waals surface area contributed by atoms with Crippen LogP contribution in [0.15, 0.2) is 60.7 Å². The number of unbranched alkanes of at least 4 members (excludes halogenated alkanes) is 2. The molecule has 4 aromatic rings. The van der Waals surface area contributed by atoms with Crippen molar-refractivity contribution in [2.75, 3.05) is 45.7 Å². The predicted octanol–water partition coefficient (Wildman–Crippen LogP) is 8.40. The van der Waals surface area contributed by atoms with Gasteiger partial charge in [-0.3, -0.25) is 9.59 Å². The predicted molar refractivity (Wildman–Crippen MR) is 223 cm³/mol. The fourth-order valence-electron chi connectivity index (χ4n) is 8.56. The summed E-state index contributed by atoms with van der Waals surface area (Å²) < 4.78 is 2.37. The van der Waals surface area contributed by atoms with Gasteiger partial charge in [0.25, 0.3) is 5.91 Å². The number of likely N-dealkylation sites (N-methyl/N-ethyl adjacent to an activating group) is 2. The largest absolute Gasteiger partial charge is 0.373 e. The lowest BCUT2D eigenvalue weighted by Crippen LogP contribution is -2.43. The first kappa shape index (κ1) is 39.3. The van der Waals surface area contributed by atoms with Crippen molar-refractivity contribution in [2.24, 2.45) is 7.05 Å². The molecule has 0 saturated heterocycles. The van der Waals surface area contributed by atoms with E-state index >= 15 is 4.79 Å². The Balaban J connectivity index is 1.36. The van der Waals surface area contributed by atoms with Gasteiger partial charge in [0.15, 0.2) is 0 Å². The fraction of sp³-hybridized carbons (Fsp3) is 0.489. The minimum atomic E-state index is 0.0851. The summed E-state index contributed by atoms with van der Waals surface area (Å²) >= 11 is 0. The molecule has 0 N–H and O–H groups in total. The molecule has 0 unspecified atom stereocenters. The number of carbonyl (C=O) groups is 2. The Morgan fingerprint density at radius 2 is 1.54 bits per heavy atom. The highest BCUT2D eigenvalue weighted by Gasteiger charge is 2.33. The van der Waals surface area contributed by atoms with Crippen LogP contribution in [0.5, 0.6) is 0 Å². The third-order valence-electron chi connectivity index (χ3n) is 12.0. The number of aromatic nitrogens is 1. The van der Waals surface area contributed by atoms with E-state index in [1.807, 2.05) is 4.90 Å². The second kappa shape index (κ2) is 17.4. The highest BCUT2D eigenvalue weighted by molar-refractivity contribution is 6.02. The van der Waals surface area contributed by atoms with Gasteiger partial charge in [0.1, 0.15) is 0 Å². The average molecular weight is 730 g/mol. The summed E-state index contributed by atoms with van der Waals surface area (Å²) in [5.74, 6) is 0.219. The monoisotopic (exact) mass is 729 g/mol. The maximum atomic E-state index is 15.1. The second-order valence-electron chi connectivity index (χ2n) is 16.2. The number of fused-ring (bicyclic) bond motifs is 2. The number of hydrogen-bond acceptors (Lipinski definition) is 4. The van der Waals surface area contributed by atoms with E-state index in [9.17, 15) is 4.79 Å². The van der Waals surface area contributed by atoms with Crippen LogP contribution < -0.4 is 4.90 Å². The zero-order valence-electron chi connectivity index (χ0n) is 34.3. The number of amides is 2. The standard InChI is InChI=1S/C47H63N5O2/c1-9-11-20-41-34(4)50(8)46(42(41)21-12-10-2)43-29-37-22-23-51(45(53)28-35-16-15-19-40(27-35)49(7)25-24-48(5)6)31-39(37)30-44(43)47(54)52-32-38-18-14-13-17-36(38)26-33(52)3/h13-19,27,29-30,33H,9-12,20-26,28,31-32H2,1-8H3/t33-/m1/s1. The molecule has 2 amide bonds. The van der Waals surface area contributed by atoms with Crippen molar-refractivity contribution in [1.29, 1.82) is 0 Å². The van der Waals surface area contributed by atoms with Crippen molar-refractivity contribution >= 4 is 17.5 Å². The van der Waals surface area contributed by atoms with Crippen LogP contribution >= 0.6 is 0 Å². The Morgan fingerprint density at radius 3 is 2.26 bits per heavy atom. The third-order valence-corrected chi connectivity index (χ3v) is 12.0. The maximum Gasteiger partial charge on any atom is 0.255 e. The van der Waals surface area contributed by atoms with Gasteiger partial charge in [-0.2, -0.15) is 0 Å². The molecule has 1 atom stereocenters. The molecule has 7 heteroatoms. The second-order valence-corrected chi connectivity index (χ2v) is 16.2. The first-order valence-corrected chi connectivity index (χ1v) is 20.4. The number of rotatable bonds is 14. The molecule has 2 aliphatic heterocycles. The molecule has 0 fully saturated rings. The zero-order chi connectivity index (χ0) is 38.5. The number of nitrogens with zero attached hydrogens (tertiary/aromatic N) is 5. The van der Waals surface area contributed by atoms with Crippen LogP contribution in [-0.2, 0) is 57.0 Å². The first-order valence-electron chi connectivity index (χ1n) is 20.4. The zero-order valence-corrected chi connectivity index (χ0v) is 34.3. The van der Waals surface area contributed by atoms with Crippen molar-refractivity contribution in [1.82, 2.24) is 19.3 Å². The van der Waals surface area contributed by atoms with Crippen molar-refractivity contribution in [3.63, 3.8) is 0 Å². The Bertz CT molecular complexity index is 1960. The van der Waals surface area contributed by atoms with Crippen LogP contribution in [0.3, 0.4) is 0 Å². The van der Waals surface area contributed by atoms with Gasteiger partial charge in [-0.05, 0) is 130 Å². The van der Waals surface area contributed by atoms with Gasteiger partial charge < -0.3 is 24.2 Å². The molecule has 7 nitrogen and oxygen atoms in total. The summed E-state index contributed by atoms with van der Waals surface area (Å²) in [6.45, 7) is 12.7. The Labute approximate surface area is 324 Å². The summed E-state index contributed by atoms with van der Waals surface area (Å²) in [5, 5.41) is 0. The Hall–Kier alpha value is -4.36. The van der Waals surface area contributed by atoms with Crippen LogP contribution in [0.4, 0.5) is 5.69 Å². The van der Waals surface area contributed by atoms with E-state index < -0.39 is 0 Å². The lowest BCUT2D eigenvalue weighted by Gasteiger charge is -2.36. The molecule has 0 bridgehead atoms. The fourth-order valence-corrected chi connectivity index (χ4v) is 8.56. The van der Waals surface area contributed by atoms with Crippen molar-refractivity contribution in [3.05, 3.63) is 111 Å². The molecular formula is C47H63N5O2. The van der Waals surface area contributed by atoms with E-state index in [-0.39, 0.29) is 17.9 Å². The number of anilines is 1. The molecule has 2 aliphatic rings. The van der Waals surface area contributed by atoms with Gasteiger partial charge in [0.05, 0.1) is 12.1 Å². The number of hydrogen-bond donors (Lipinski definition) is 0. The summed E-state index contributed by atoms with van der Waals surface area (Å²) in [7, 11) is 8.48. The molecule has 1 aromatic heterocycles. The van der Waals surface area contributed by atoms with Crippen LogP contribution in [0, 0.1) is 6.92 Å². The first-order chi connectivity index (χ1) is 26.0. The molecule has 3 aromatic carbocycles. The Kier molecular flexibility index (Phi) is 12.7. The highest BCUT2D eigenvalue weighted by Crippen LogP contribution is 2.39. The van der Waals surface area contributed by atoms with E-state index in [2.05, 4.69) is 136 Å². The molecule has 0 aliphatic carbocycles. The molecule has 0 saturated carbocycles. The highest BCUT2D eigenvalue weighted by atomic mass is 16.2. The van der Waals surface area contributed by atoms with Gasteiger partial charge in [-0.15, -0.1) is 0 Å². The summed E-state index contributed by atoms with van der Waals surface area (Å²) in [6, 6.07) is 21.5. The van der Waals surface area contributed by atoms with E-state index in [4.69, 9.17) is 0 Å². The average Bonchev–Trinajstić information content (AvgIpc) is 3.40. The summed E-state index contributed by atoms with van der Waals surface area (Å²) in [5.41, 5.74) is 14.3. The summed E-state index contributed by atoms with van der Waals surface area (Å²) in [6.07, 6.45) is 8.63. The SMILES string of the molecule is CCCCc1c(CCCC)c(-c2cc3c(cc2C(=O)N2Cc4ccccc4C[C@H]2C)CN(C(=O)Cc2cccc(N(C)CCN(C)C)c2)CC3)n(C)c1C. The van der Waals surface area contributed by atoms with Gasteiger partial charge in [0, 0.05) is 75.4 Å². The van der Waals surface area contributed by atoms with Crippen molar-refractivity contribution in [2.45, 2.75) is 105 Å². The van der Waals surface area contributed by atoms with E-state index in [0.29, 0.717) is 26.1 Å². The molecule has 288 valence electrons. The maximum absolute atomic E-state index is 15.1. The molecule has 0 spiro atoms. The summed E-state index contributed by atoms with van der Waals surface area (Å²) in [4.78, 5) is 37.5. The van der Waals surface area contributed by atoms with Gasteiger partial charge in [0.2, 0.25) is 5.91 Å². The van der Waals surface area contributed by atoms with Crippen LogP contribution in [0.1, 0.15) is 101 Å². The van der Waals surface area contributed by atoms with E-state index in [1.54, 1.807) is 0 Å². The minimum absolute atomic E-state index is 0.0851. The minimum Gasteiger partial charge on any atom is -0.373 e. The van der Waals surface area contributed by atoms with Gasteiger partial charge >= 0.3 is 0 Å². The van der Waals surface area contributed by atoms with E-state index in [0.717, 1.165) is 92.4 Å². The third kappa shape index (κ3) is 8.47. The molecule has 54 heavy (non-hydrogen) atoms. The van der Waals surface area contributed by atoms with Crippen molar-refractivity contribution in [3.8, 4) is 11.3 Å². The van der Waals surface area contributed by atoms with Gasteiger partial charge in [-0.1, -0.05) is 63.1 Å². The lowest BCUT2D eigenvalue weighted by molar-refractivity contribution is -0.131. The molecule has 0 radical (unpaired) electrons. The number of carbonyl (C=O) groups excluding carboxylic acids is 2. The van der Waals surface area contributed by atoms with E-state index in [1.165, 1.54) is 39.2 Å². The molecule has 3 heterocycles. The molecule has 6 rings (SSSR count). The lowest BCUT2D eigenvalue weighted by atomic mass is 9.87. The molecular weight excluding hydrogens is 667 g/mol. The van der Waals surface area contributed by atoms with Crippen LogP contribution in [-0.4, -0.2) is 77.9 Å². The van der Waals surface area contributed by atoms with Gasteiger partial charge in [-0.25, -0.2) is 0 Å². The number of benzene rings is 3. The van der Waals surface area contributed by atoms with Crippen LogP contribution in [0.2, 0.25) is 0 Å². The quantitative estimate of drug-likeness (QED) is 0.131.